The third kappa shape index (κ3) is 4.13. The maximum atomic E-state index is 11.0. The molecular weight excluding hydrogens is 258 g/mol. The van der Waals surface area contributed by atoms with Gasteiger partial charge in [-0.1, -0.05) is 0 Å². The first-order valence-corrected chi connectivity index (χ1v) is 5.91. The fourth-order valence-electron chi connectivity index (χ4n) is 1.90. The number of nitrogens with one attached hydrogen (secondary N) is 1. The topological polar surface area (TPSA) is 125 Å². The number of esters is 1. The molecule has 0 aromatic heterocycles. The first-order chi connectivity index (χ1) is 8.86. The van der Waals surface area contributed by atoms with Crippen molar-refractivity contribution in [2.75, 3.05) is 13.2 Å². The number of rotatable bonds is 4. The molecular formula is C11H19NO7. The molecule has 4 N–H and O–H groups in total. The number of hydrogen-bond acceptors (Lipinski definition) is 7. The number of aliphatic hydroxyl groups is 3. The fourth-order valence-corrected chi connectivity index (χ4v) is 1.90. The summed E-state index contributed by atoms with van der Waals surface area (Å²) in [7, 11) is 0. The van der Waals surface area contributed by atoms with E-state index in [9.17, 15) is 19.8 Å². The largest absolute Gasteiger partial charge is 0.435 e. The number of carbonyl (C=O) groups is 2. The van der Waals surface area contributed by atoms with E-state index in [1.807, 2.05) is 0 Å². The van der Waals surface area contributed by atoms with Crippen LogP contribution in [0, 0.1) is 5.92 Å². The number of ether oxygens (including phenoxy) is 2. The Morgan fingerprint density at radius 3 is 2.37 bits per heavy atom. The number of hydrogen-bond donors (Lipinski definition) is 4. The van der Waals surface area contributed by atoms with Crippen LogP contribution in [0.4, 0.5) is 0 Å². The highest BCUT2D eigenvalue weighted by Crippen LogP contribution is 2.26. The molecule has 1 aliphatic heterocycles. The van der Waals surface area contributed by atoms with Crippen LogP contribution in [0.2, 0.25) is 0 Å². The van der Waals surface area contributed by atoms with Gasteiger partial charge >= 0.3 is 5.97 Å². The Morgan fingerprint density at radius 2 is 1.89 bits per heavy atom. The van der Waals surface area contributed by atoms with Crippen molar-refractivity contribution in [3.63, 3.8) is 0 Å². The van der Waals surface area contributed by atoms with Gasteiger partial charge in [-0.3, -0.25) is 9.59 Å². The molecule has 110 valence electrons. The molecule has 0 aliphatic carbocycles. The monoisotopic (exact) mass is 277 g/mol. The van der Waals surface area contributed by atoms with E-state index in [2.05, 4.69) is 5.32 Å². The summed E-state index contributed by atoms with van der Waals surface area (Å²) in [5.74, 6) is -1.77. The first kappa shape index (κ1) is 15.8. The summed E-state index contributed by atoms with van der Waals surface area (Å²) in [5.41, 5.74) is 0. The van der Waals surface area contributed by atoms with Crippen molar-refractivity contribution in [3.8, 4) is 0 Å². The van der Waals surface area contributed by atoms with Crippen LogP contribution in [0.5, 0.6) is 0 Å². The molecule has 0 bridgehead atoms. The van der Waals surface area contributed by atoms with E-state index >= 15 is 0 Å². The molecule has 5 atom stereocenters. The van der Waals surface area contributed by atoms with Crippen LogP contribution in [0.3, 0.4) is 0 Å². The zero-order valence-electron chi connectivity index (χ0n) is 10.8. The van der Waals surface area contributed by atoms with Crippen LogP contribution in [-0.2, 0) is 19.1 Å². The Labute approximate surface area is 110 Å². The molecule has 1 heterocycles. The molecule has 0 spiro atoms. The summed E-state index contributed by atoms with van der Waals surface area (Å²) in [6, 6.07) is 0. The van der Waals surface area contributed by atoms with Gasteiger partial charge in [-0.2, -0.15) is 0 Å². The van der Waals surface area contributed by atoms with Gasteiger partial charge in [0.2, 0.25) is 12.2 Å². The van der Waals surface area contributed by atoms with Crippen molar-refractivity contribution in [3.05, 3.63) is 0 Å². The Hall–Kier alpha value is -1.22. The second kappa shape index (κ2) is 6.80. The van der Waals surface area contributed by atoms with Crippen LogP contribution in [0.15, 0.2) is 0 Å². The molecule has 8 heteroatoms. The zero-order chi connectivity index (χ0) is 14.6. The van der Waals surface area contributed by atoms with Crippen LogP contribution < -0.4 is 5.32 Å². The van der Waals surface area contributed by atoms with Gasteiger partial charge in [0.15, 0.2) is 0 Å². The lowest BCUT2D eigenvalue weighted by molar-refractivity contribution is -0.275. The van der Waals surface area contributed by atoms with Crippen molar-refractivity contribution in [1.29, 1.82) is 0 Å². The van der Waals surface area contributed by atoms with Gasteiger partial charge in [-0.05, 0) is 0 Å². The standard InChI is InChI=1S/C11H19NO7/c1-5(14)12-3-7-9(16)10(17)8(4-13)19-11(7)18-6(2)15/h7-11,13,16-17H,3-4H2,1-2H3,(H,12,14)/t7-,8-,9-,10+,11?/m1/s1. The van der Waals surface area contributed by atoms with E-state index in [1.54, 1.807) is 0 Å². The molecule has 8 nitrogen and oxygen atoms in total. The predicted octanol–water partition coefficient (Wildman–Crippen LogP) is -2.26. The summed E-state index contributed by atoms with van der Waals surface area (Å²) < 4.78 is 10.1. The van der Waals surface area contributed by atoms with E-state index in [4.69, 9.17) is 14.6 Å². The summed E-state index contributed by atoms with van der Waals surface area (Å²) in [5, 5.41) is 31.2. The molecule has 1 rings (SSSR count). The smallest absolute Gasteiger partial charge is 0.304 e. The van der Waals surface area contributed by atoms with Crippen molar-refractivity contribution < 1.29 is 34.4 Å². The minimum Gasteiger partial charge on any atom is -0.435 e. The van der Waals surface area contributed by atoms with Crippen molar-refractivity contribution >= 4 is 11.9 Å². The van der Waals surface area contributed by atoms with Crippen molar-refractivity contribution in [2.24, 2.45) is 5.92 Å². The SMILES string of the molecule is CC(=O)NC[C@H]1C(OC(C)=O)O[C@H](CO)[C@H](O)[C@@H]1O. The lowest BCUT2D eigenvalue weighted by Crippen LogP contribution is -2.59. The molecule has 0 radical (unpaired) electrons. The second-order valence-corrected chi connectivity index (χ2v) is 4.42. The maximum Gasteiger partial charge on any atom is 0.304 e. The molecule has 1 saturated heterocycles. The molecule has 1 aliphatic rings. The number of carbonyl (C=O) groups excluding carboxylic acids is 2. The van der Waals surface area contributed by atoms with E-state index in [-0.39, 0.29) is 12.5 Å². The van der Waals surface area contributed by atoms with E-state index < -0.39 is 43.1 Å². The Morgan fingerprint density at radius 1 is 1.26 bits per heavy atom. The van der Waals surface area contributed by atoms with Gasteiger partial charge in [0.1, 0.15) is 12.2 Å². The summed E-state index contributed by atoms with van der Waals surface area (Å²) in [6.45, 7) is 1.92. The highest BCUT2D eigenvalue weighted by molar-refractivity contribution is 5.72. The molecule has 0 saturated carbocycles. The minimum absolute atomic E-state index is 0.0242. The van der Waals surface area contributed by atoms with E-state index in [1.165, 1.54) is 13.8 Å². The van der Waals surface area contributed by atoms with Gasteiger partial charge < -0.3 is 30.1 Å². The van der Waals surface area contributed by atoms with Gasteiger partial charge in [0.05, 0.1) is 18.6 Å². The van der Waals surface area contributed by atoms with Crippen LogP contribution in [0.1, 0.15) is 13.8 Å². The number of amides is 1. The molecule has 19 heavy (non-hydrogen) atoms. The fraction of sp³-hybridized carbons (Fsp3) is 0.818. The highest BCUT2D eigenvalue weighted by atomic mass is 16.7. The summed E-state index contributed by atoms with van der Waals surface area (Å²) in [6.07, 6.45) is -4.80. The molecule has 1 amide bonds. The van der Waals surface area contributed by atoms with Gasteiger partial charge in [0, 0.05) is 20.4 Å². The van der Waals surface area contributed by atoms with Crippen LogP contribution >= 0.6 is 0 Å². The maximum absolute atomic E-state index is 11.0. The van der Waals surface area contributed by atoms with E-state index in [0.717, 1.165) is 0 Å². The van der Waals surface area contributed by atoms with E-state index in [0.29, 0.717) is 0 Å². The van der Waals surface area contributed by atoms with Gasteiger partial charge in [-0.15, -0.1) is 0 Å². The Bertz CT molecular complexity index is 335. The summed E-state index contributed by atoms with van der Waals surface area (Å²) in [4.78, 5) is 21.9. The van der Waals surface area contributed by atoms with Gasteiger partial charge in [0.25, 0.3) is 0 Å². The first-order valence-electron chi connectivity index (χ1n) is 5.91. The second-order valence-electron chi connectivity index (χ2n) is 4.42. The Balaban J connectivity index is 2.80. The average Bonchev–Trinajstić information content (AvgIpc) is 2.32. The zero-order valence-corrected chi connectivity index (χ0v) is 10.8. The van der Waals surface area contributed by atoms with Crippen LogP contribution in [0.25, 0.3) is 0 Å². The lowest BCUT2D eigenvalue weighted by Gasteiger charge is -2.41. The quantitative estimate of drug-likeness (QED) is 0.427. The Kier molecular flexibility index (Phi) is 5.67. The molecule has 0 aromatic carbocycles. The summed E-state index contributed by atoms with van der Waals surface area (Å²) >= 11 is 0. The highest BCUT2D eigenvalue weighted by Gasteiger charge is 2.45. The average molecular weight is 277 g/mol. The molecule has 1 fully saturated rings. The third-order valence-electron chi connectivity index (χ3n) is 2.88. The van der Waals surface area contributed by atoms with Gasteiger partial charge in [-0.25, -0.2) is 0 Å². The molecule has 0 aromatic rings. The normalized spacial score (nSPS) is 34.7. The minimum atomic E-state index is -1.32. The van der Waals surface area contributed by atoms with Crippen molar-refractivity contribution in [1.82, 2.24) is 5.32 Å². The lowest BCUT2D eigenvalue weighted by atomic mass is 9.91. The van der Waals surface area contributed by atoms with Crippen LogP contribution in [-0.4, -0.2) is 64.9 Å². The number of aliphatic hydroxyl groups excluding tert-OH is 3. The predicted molar refractivity (Wildman–Crippen MR) is 61.7 cm³/mol. The third-order valence-corrected chi connectivity index (χ3v) is 2.88. The molecule has 1 unspecified atom stereocenters. The van der Waals surface area contributed by atoms with Crippen molar-refractivity contribution in [2.45, 2.75) is 38.4 Å².